The first-order valence-electron chi connectivity index (χ1n) is 9.41. The molecule has 8 heteroatoms. The smallest absolute Gasteiger partial charge is 0.291 e. The van der Waals surface area contributed by atoms with Gasteiger partial charge < -0.3 is 10.6 Å². The minimum Gasteiger partial charge on any atom is -0.323 e. The van der Waals surface area contributed by atoms with Crippen LogP contribution in [-0.4, -0.2) is 21.6 Å². The Morgan fingerprint density at radius 3 is 2.37 bits per heavy atom. The van der Waals surface area contributed by atoms with Crippen molar-refractivity contribution in [1.82, 2.24) is 9.78 Å². The summed E-state index contributed by atoms with van der Waals surface area (Å²) in [5.41, 5.74) is 2.53. The normalized spacial score (nSPS) is 10.5. The molecule has 2 N–H and O–H groups in total. The van der Waals surface area contributed by atoms with Crippen LogP contribution in [0.5, 0.6) is 0 Å². The molecule has 1 heterocycles. The molecule has 154 valence electrons. The number of para-hydroxylation sites is 1. The van der Waals surface area contributed by atoms with E-state index in [0.717, 1.165) is 21.1 Å². The van der Waals surface area contributed by atoms with Crippen molar-refractivity contribution in [2.75, 3.05) is 10.6 Å². The third kappa shape index (κ3) is 5.21. The number of hydrogen-bond acceptors (Lipinski definition) is 4. The van der Waals surface area contributed by atoms with Crippen LogP contribution < -0.4 is 16.2 Å². The maximum absolute atomic E-state index is 12.7. The van der Waals surface area contributed by atoms with Gasteiger partial charge in [-0.3, -0.25) is 14.4 Å². The Morgan fingerprint density at radius 1 is 1.03 bits per heavy atom. The quantitative estimate of drug-likeness (QED) is 0.574. The van der Waals surface area contributed by atoms with E-state index in [0.29, 0.717) is 11.4 Å². The number of aromatic nitrogens is 2. The van der Waals surface area contributed by atoms with Gasteiger partial charge in [-0.2, -0.15) is 5.10 Å². The van der Waals surface area contributed by atoms with Gasteiger partial charge in [0, 0.05) is 17.0 Å². The lowest BCUT2D eigenvalue weighted by Gasteiger charge is -2.12. The van der Waals surface area contributed by atoms with Gasteiger partial charge in [0.25, 0.3) is 5.56 Å². The highest BCUT2D eigenvalue weighted by molar-refractivity contribution is 9.10. The van der Waals surface area contributed by atoms with Crippen molar-refractivity contribution in [2.45, 2.75) is 26.8 Å². The van der Waals surface area contributed by atoms with Crippen LogP contribution in [0.1, 0.15) is 19.4 Å². The zero-order valence-electron chi connectivity index (χ0n) is 16.6. The summed E-state index contributed by atoms with van der Waals surface area (Å²) in [7, 11) is 0. The van der Waals surface area contributed by atoms with E-state index in [4.69, 9.17) is 0 Å². The Bertz CT molecular complexity index is 1140. The summed E-state index contributed by atoms with van der Waals surface area (Å²) >= 11 is 3.37. The minimum absolute atomic E-state index is 0.0701. The second-order valence-electron chi connectivity index (χ2n) is 6.67. The monoisotopic (exact) mass is 468 g/mol. The maximum atomic E-state index is 12.7. The highest BCUT2D eigenvalue weighted by Gasteiger charge is 2.14. The molecule has 0 fully saturated rings. The van der Waals surface area contributed by atoms with Gasteiger partial charge in [-0.25, -0.2) is 4.68 Å². The summed E-state index contributed by atoms with van der Waals surface area (Å²) in [5.74, 6) is -0.793. The van der Waals surface area contributed by atoms with E-state index in [2.05, 4.69) is 38.6 Å². The first-order valence-corrected chi connectivity index (χ1v) is 10.2. The Kier molecular flexibility index (Phi) is 6.79. The van der Waals surface area contributed by atoms with Gasteiger partial charge in [0.1, 0.15) is 12.2 Å². The topological polar surface area (TPSA) is 93.1 Å². The molecule has 30 heavy (non-hydrogen) atoms. The number of aryl methyl sites for hydroxylation is 1. The van der Waals surface area contributed by atoms with E-state index < -0.39 is 11.5 Å². The standard InChI is InChI=1S/C22H21BrN4O3/c1-3-15-8-10-16(11-9-15)19-12-20(24-14(2)28)22(30)27(26-19)13-21(29)25-18-7-5-4-6-17(18)23/h4-12H,3,13H2,1-2H3,(H,24,28)(H,25,29). The van der Waals surface area contributed by atoms with Gasteiger partial charge >= 0.3 is 0 Å². The number of hydrogen-bond donors (Lipinski definition) is 2. The number of carbonyl (C=O) groups excluding carboxylic acids is 2. The molecule has 0 atom stereocenters. The second-order valence-corrected chi connectivity index (χ2v) is 7.52. The lowest BCUT2D eigenvalue weighted by atomic mass is 10.1. The van der Waals surface area contributed by atoms with E-state index in [9.17, 15) is 14.4 Å². The van der Waals surface area contributed by atoms with Gasteiger partial charge in [0.05, 0.1) is 11.4 Å². The summed E-state index contributed by atoms with van der Waals surface area (Å²) in [6.45, 7) is 3.08. The molecule has 0 bridgehead atoms. The Balaban J connectivity index is 1.95. The number of carbonyl (C=O) groups is 2. The Labute approximate surface area is 182 Å². The van der Waals surface area contributed by atoms with Crippen molar-refractivity contribution in [3.8, 4) is 11.3 Å². The third-order valence-electron chi connectivity index (χ3n) is 4.38. The van der Waals surface area contributed by atoms with Gasteiger partial charge in [0.15, 0.2) is 0 Å². The minimum atomic E-state index is -0.554. The van der Waals surface area contributed by atoms with E-state index in [1.807, 2.05) is 30.3 Å². The molecule has 0 spiro atoms. The number of anilines is 2. The molecule has 0 unspecified atom stereocenters. The average molecular weight is 469 g/mol. The van der Waals surface area contributed by atoms with Crippen molar-refractivity contribution < 1.29 is 9.59 Å². The van der Waals surface area contributed by atoms with Crippen LogP contribution >= 0.6 is 15.9 Å². The third-order valence-corrected chi connectivity index (χ3v) is 5.08. The van der Waals surface area contributed by atoms with Crippen molar-refractivity contribution in [2.24, 2.45) is 0 Å². The molecule has 2 aromatic carbocycles. The highest BCUT2D eigenvalue weighted by atomic mass is 79.9. The summed E-state index contributed by atoms with van der Waals surface area (Å²) in [5, 5.41) is 9.62. The van der Waals surface area contributed by atoms with Crippen LogP contribution in [0.25, 0.3) is 11.3 Å². The molecule has 2 amide bonds. The van der Waals surface area contributed by atoms with Crippen molar-refractivity contribution in [1.29, 1.82) is 0 Å². The van der Waals surface area contributed by atoms with E-state index >= 15 is 0 Å². The molecule has 0 aliphatic heterocycles. The fraction of sp³-hybridized carbons (Fsp3) is 0.182. The molecule has 0 aliphatic rings. The zero-order valence-corrected chi connectivity index (χ0v) is 18.2. The fourth-order valence-electron chi connectivity index (χ4n) is 2.87. The van der Waals surface area contributed by atoms with Gasteiger partial charge in [0.2, 0.25) is 11.8 Å². The Morgan fingerprint density at radius 2 is 1.73 bits per heavy atom. The van der Waals surface area contributed by atoms with Crippen molar-refractivity contribution >= 4 is 39.1 Å². The summed E-state index contributed by atoms with van der Waals surface area (Å²) in [6, 6.07) is 16.4. The summed E-state index contributed by atoms with van der Waals surface area (Å²) < 4.78 is 1.78. The summed E-state index contributed by atoms with van der Waals surface area (Å²) in [4.78, 5) is 36.8. The molecule has 0 radical (unpaired) electrons. The predicted octanol–water partition coefficient (Wildman–Crippen LogP) is 3.83. The van der Waals surface area contributed by atoms with Gasteiger partial charge in [-0.15, -0.1) is 0 Å². The van der Waals surface area contributed by atoms with Crippen LogP contribution in [-0.2, 0) is 22.6 Å². The second kappa shape index (κ2) is 9.49. The number of nitrogens with zero attached hydrogens (tertiary/aromatic N) is 2. The van der Waals surface area contributed by atoms with Crippen LogP contribution in [0.15, 0.2) is 63.9 Å². The molecule has 0 aliphatic carbocycles. The SMILES string of the molecule is CCc1ccc(-c2cc(NC(C)=O)c(=O)n(CC(=O)Nc3ccccc3Br)n2)cc1. The molecule has 3 rings (SSSR count). The van der Waals surface area contributed by atoms with Crippen LogP contribution in [0.4, 0.5) is 11.4 Å². The number of amides is 2. The van der Waals surface area contributed by atoms with Gasteiger partial charge in [-0.05, 0) is 46.1 Å². The average Bonchev–Trinajstić information content (AvgIpc) is 2.72. The molecular weight excluding hydrogens is 448 g/mol. The van der Waals surface area contributed by atoms with Crippen molar-refractivity contribution in [3.05, 3.63) is 75.0 Å². The maximum Gasteiger partial charge on any atom is 0.291 e. The van der Waals surface area contributed by atoms with Crippen LogP contribution in [0, 0.1) is 0 Å². The van der Waals surface area contributed by atoms with Crippen molar-refractivity contribution in [3.63, 3.8) is 0 Å². The fourth-order valence-corrected chi connectivity index (χ4v) is 3.25. The molecule has 1 aromatic heterocycles. The zero-order chi connectivity index (χ0) is 21.7. The summed E-state index contributed by atoms with van der Waals surface area (Å²) in [6.07, 6.45) is 0.902. The van der Waals surface area contributed by atoms with E-state index in [1.54, 1.807) is 18.2 Å². The van der Waals surface area contributed by atoms with Gasteiger partial charge in [-0.1, -0.05) is 43.3 Å². The van der Waals surface area contributed by atoms with E-state index in [1.165, 1.54) is 18.6 Å². The number of rotatable bonds is 6. The first-order chi connectivity index (χ1) is 14.4. The molecule has 3 aromatic rings. The largest absolute Gasteiger partial charge is 0.323 e. The number of benzene rings is 2. The predicted molar refractivity (Wildman–Crippen MR) is 120 cm³/mol. The number of halogens is 1. The number of nitrogens with one attached hydrogen (secondary N) is 2. The lowest BCUT2D eigenvalue weighted by Crippen LogP contribution is -2.32. The van der Waals surface area contributed by atoms with Crippen LogP contribution in [0.2, 0.25) is 0 Å². The lowest BCUT2D eigenvalue weighted by molar-refractivity contribution is -0.117. The highest BCUT2D eigenvalue weighted by Crippen LogP contribution is 2.22. The Hall–Kier alpha value is -3.26. The first kappa shape index (κ1) is 21.4. The molecule has 7 nitrogen and oxygen atoms in total. The molecular formula is C22H21BrN4O3. The van der Waals surface area contributed by atoms with Crippen LogP contribution in [0.3, 0.4) is 0 Å². The van der Waals surface area contributed by atoms with E-state index in [-0.39, 0.29) is 18.1 Å². The molecule has 0 saturated carbocycles. The molecule has 0 saturated heterocycles.